The molecule has 2 N–H and O–H groups in total. The van der Waals surface area contributed by atoms with Gasteiger partial charge in [0.1, 0.15) is 5.75 Å². The van der Waals surface area contributed by atoms with E-state index in [2.05, 4.69) is 10.6 Å². The van der Waals surface area contributed by atoms with Crippen LogP contribution in [0.25, 0.3) is 0 Å². The zero-order valence-electron chi connectivity index (χ0n) is 19.7. The Morgan fingerprint density at radius 3 is 2.14 bits per heavy atom. The number of hydrogen-bond donors (Lipinski definition) is 2. The van der Waals surface area contributed by atoms with Crippen LogP contribution in [0.4, 0.5) is 5.69 Å². The fourth-order valence-corrected chi connectivity index (χ4v) is 3.27. The molecule has 0 heterocycles. The largest absolute Gasteiger partial charge is 0.495 e. The van der Waals surface area contributed by atoms with Gasteiger partial charge >= 0.3 is 5.97 Å². The second kappa shape index (κ2) is 11.6. The molecule has 3 aromatic carbocycles. The first-order valence-electron chi connectivity index (χ1n) is 10.9. The van der Waals surface area contributed by atoms with E-state index in [0.29, 0.717) is 17.0 Å². The van der Waals surface area contributed by atoms with Gasteiger partial charge in [-0.15, -0.1) is 0 Å². The molecule has 0 aliphatic carbocycles. The van der Waals surface area contributed by atoms with Gasteiger partial charge in [-0.3, -0.25) is 14.4 Å². The number of ketones is 1. The van der Waals surface area contributed by atoms with Gasteiger partial charge in [-0.05, 0) is 37.6 Å². The first kappa shape index (κ1) is 25.2. The molecule has 0 spiro atoms. The lowest BCUT2D eigenvalue weighted by atomic mass is 9.98. The molecule has 0 bridgehead atoms. The second-order valence-electron chi connectivity index (χ2n) is 7.85. The molecular weight excluding hydrogens is 448 g/mol. The van der Waals surface area contributed by atoms with Crippen molar-refractivity contribution >= 4 is 29.3 Å². The van der Waals surface area contributed by atoms with Gasteiger partial charge in [0.2, 0.25) is 5.91 Å². The average molecular weight is 475 g/mol. The molecule has 8 heteroatoms. The normalized spacial score (nSPS) is 10.3. The predicted molar refractivity (Wildman–Crippen MR) is 131 cm³/mol. The van der Waals surface area contributed by atoms with E-state index in [4.69, 9.17) is 9.47 Å². The van der Waals surface area contributed by atoms with Gasteiger partial charge in [0.25, 0.3) is 5.91 Å². The monoisotopic (exact) mass is 474 g/mol. The van der Waals surface area contributed by atoms with Gasteiger partial charge in [-0.2, -0.15) is 0 Å². The van der Waals surface area contributed by atoms with Crippen molar-refractivity contribution in [1.29, 1.82) is 0 Å². The van der Waals surface area contributed by atoms with E-state index in [1.165, 1.54) is 19.2 Å². The Morgan fingerprint density at radius 1 is 0.800 bits per heavy atom. The van der Waals surface area contributed by atoms with Gasteiger partial charge in [0.05, 0.1) is 24.9 Å². The van der Waals surface area contributed by atoms with E-state index in [1.807, 2.05) is 32.0 Å². The van der Waals surface area contributed by atoms with Gasteiger partial charge in [0.15, 0.2) is 12.4 Å². The van der Waals surface area contributed by atoms with Crippen LogP contribution in [0.2, 0.25) is 0 Å². The number of ether oxygens (including phenoxy) is 2. The van der Waals surface area contributed by atoms with Crippen molar-refractivity contribution in [2.75, 3.05) is 25.6 Å². The van der Waals surface area contributed by atoms with E-state index >= 15 is 0 Å². The van der Waals surface area contributed by atoms with Gasteiger partial charge < -0.3 is 20.1 Å². The van der Waals surface area contributed by atoms with E-state index in [9.17, 15) is 19.2 Å². The van der Waals surface area contributed by atoms with Gasteiger partial charge in [0, 0.05) is 11.1 Å². The molecule has 0 atom stereocenters. The van der Waals surface area contributed by atoms with E-state index in [1.54, 1.807) is 36.4 Å². The Balaban J connectivity index is 1.55. The Hall–Kier alpha value is -4.46. The van der Waals surface area contributed by atoms with E-state index in [0.717, 1.165) is 11.1 Å². The van der Waals surface area contributed by atoms with Crippen molar-refractivity contribution in [3.8, 4) is 5.75 Å². The lowest BCUT2D eigenvalue weighted by molar-refractivity contribution is -0.126. The highest BCUT2D eigenvalue weighted by Gasteiger charge is 2.20. The molecule has 0 fully saturated rings. The van der Waals surface area contributed by atoms with Crippen LogP contribution in [0.15, 0.2) is 66.7 Å². The third kappa shape index (κ3) is 6.77. The van der Waals surface area contributed by atoms with Crippen LogP contribution in [-0.4, -0.2) is 43.8 Å². The highest BCUT2D eigenvalue weighted by molar-refractivity contribution is 6.14. The van der Waals surface area contributed by atoms with Crippen LogP contribution < -0.4 is 15.4 Å². The van der Waals surface area contributed by atoms with Crippen molar-refractivity contribution in [2.45, 2.75) is 13.8 Å². The van der Waals surface area contributed by atoms with Crippen molar-refractivity contribution in [3.05, 3.63) is 94.5 Å². The Labute approximate surface area is 203 Å². The van der Waals surface area contributed by atoms with E-state index in [-0.39, 0.29) is 23.5 Å². The molecule has 0 unspecified atom stereocenters. The number of carbonyl (C=O) groups excluding carboxylic acids is 4. The molecule has 0 aliphatic rings. The number of esters is 1. The third-order valence-electron chi connectivity index (χ3n) is 5.11. The van der Waals surface area contributed by atoms with Crippen LogP contribution in [-0.2, 0) is 14.3 Å². The summed E-state index contributed by atoms with van der Waals surface area (Å²) in [4.78, 5) is 49.8. The van der Waals surface area contributed by atoms with Gasteiger partial charge in [-0.1, -0.05) is 54.1 Å². The Kier molecular flexibility index (Phi) is 8.34. The highest BCUT2D eigenvalue weighted by Crippen LogP contribution is 2.25. The minimum absolute atomic E-state index is 0.0511. The van der Waals surface area contributed by atoms with Crippen molar-refractivity contribution in [1.82, 2.24) is 5.32 Å². The van der Waals surface area contributed by atoms with Crippen molar-refractivity contribution in [2.24, 2.45) is 0 Å². The van der Waals surface area contributed by atoms with Gasteiger partial charge in [-0.25, -0.2) is 4.79 Å². The summed E-state index contributed by atoms with van der Waals surface area (Å²) in [6.45, 7) is 2.86. The molecule has 0 saturated heterocycles. The molecule has 0 aliphatic heterocycles. The lowest BCUT2D eigenvalue weighted by Gasteiger charge is -2.12. The maximum absolute atomic E-state index is 12.9. The second-order valence-corrected chi connectivity index (χ2v) is 7.85. The summed E-state index contributed by atoms with van der Waals surface area (Å²) in [5.41, 5.74) is 3.08. The summed E-state index contributed by atoms with van der Waals surface area (Å²) >= 11 is 0. The highest BCUT2D eigenvalue weighted by atomic mass is 16.5. The number of benzene rings is 3. The van der Waals surface area contributed by atoms with E-state index < -0.39 is 24.4 Å². The molecule has 0 aromatic heterocycles. The first-order chi connectivity index (χ1) is 16.8. The van der Waals surface area contributed by atoms with Crippen LogP contribution in [0, 0.1) is 13.8 Å². The third-order valence-corrected chi connectivity index (χ3v) is 5.11. The number of methoxy groups -OCH3 is 1. The van der Waals surface area contributed by atoms with Crippen LogP contribution in [0.3, 0.4) is 0 Å². The summed E-state index contributed by atoms with van der Waals surface area (Å²) in [6.07, 6.45) is 0. The SMILES string of the molecule is COc1ccc(C)cc1NC(=O)CNC(=O)COC(=O)c1ccccc1C(=O)c1ccc(C)cc1. The van der Waals surface area contributed by atoms with Crippen LogP contribution in [0.5, 0.6) is 5.75 Å². The zero-order valence-corrected chi connectivity index (χ0v) is 19.7. The molecule has 8 nitrogen and oxygen atoms in total. The molecule has 35 heavy (non-hydrogen) atoms. The molecule has 0 saturated carbocycles. The first-order valence-corrected chi connectivity index (χ1v) is 10.9. The Morgan fingerprint density at radius 2 is 1.46 bits per heavy atom. The van der Waals surface area contributed by atoms with Crippen LogP contribution >= 0.6 is 0 Å². The lowest BCUT2D eigenvalue weighted by Crippen LogP contribution is -2.35. The fourth-order valence-electron chi connectivity index (χ4n) is 3.27. The molecule has 180 valence electrons. The summed E-state index contributed by atoms with van der Waals surface area (Å²) in [5.74, 6) is -1.78. The smallest absolute Gasteiger partial charge is 0.339 e. The Bertz CT molecular complexity index is 1250. The van der Waals surface area contributed by atoms with Crippen molar-refractivity contribution < 1.29 is 28.7 Å². The summed E-state index contributed by atoms with van der Waals surface area (Å²) in [6, 6.07) is 18.5. The topological polar surface area (TPSA) is 111 Å². The standard InChI is InChI=1S/C27H26N2O6/c1-17-8-11-19(12-9-17)26(32)20-6-4-5-7-21(20)27(33)35-16-25(31)28-15-24(30)29-22-14-18(2)10-13-23(22)34-3/h4-14H,15-16H2,1-3H3,(H,28,31)(H,29,30). The summed E-state index contributed by atoms with van der Waals surface area (Å²) in [7, 11) is 1.49. The number of nitrogens with one attached hydrogen (secondary N) is 2. The number of anilines is 1. The molecule has 3 aromatic rings. The van der Waals surface area contributed by atoms with Crippen molar-refractivity contribution in [3.63, 3.8) is 0 Å². The average Bonchev–Trinajstić information content (AvgIpc) is 2.86. The molecule has 0 radical (unpaired) electrons. The molecular formula is C27H26N2O6. The summed E-state index contributed by atoms with van der Waals surface area (Å²) < 4.78 is 10.3. The minimum Gasteiger partial charge on any atom is -0.495 e. The number of rotatable bonds is 9. The number of hydrogen-bond acceptors (Lipinski definition) is 6. The number of amides is 2. The minimum atomic E-state index is -0.815. The maximum Gasteiger partial charge on any atom is 0.339 e. The summed E-state index contributed by atoms with van der Waals surface area (Å²) in [5, 5.41) is 5.06. The predicted octanol–water partition coefficient (Wildman–Crippen LogP) is 3.45. The molecule has 3 rings (SSSR count). The number of carbonyl (C=O) groups is 4. The maximum atomic E-state index is 12.9. The molecule has 2 amide bonds. The fraction of sp³-hybridized carbons (Fsp3) is 0.185. The van der Waals surface area contributed by atoms with Crippen LogP contribution in [0.1, 0.15) is 37.4 Å². The quantitative estimate of drug-likeness (QED) is 0.363. The number of aryl methyl sites for hydroxylation is 2. The zero-order chi connectivity index (χ0) is 25.4.